The molecule has 0 aliphatic carbocycles. The number of benzene rings is 2. The Bertz CT molecular complexity index is 745. The van der Waals surface area contributed by atoms with Crippen LogP contribution < -0.4 is 0 Å². The van der Waals surface area contributed by atoms with Crippen LogP contribution >= 0.6 is 0 Å². The molecule has 0 saturated carbocycles. The van der Waals surface area contributed by atoms with Crippen molar-refractivity contribution >= 4 is 0 Å². The Morgan fingerprint density at radius 1 is 0.950 bits per heavy atom. The smallest absolute Gasteiger partial charge is 0.117 e. The summed E-state index contributed by atoms with van der Waals surface area (Å²) in [5, 5.41) is 14.2. The summed E-state index contributed by atoms with van der Waals surface area (Å²) >= 11 is 0. The van der Waals surface area contributed by atoms with E-state index in [0.29, 0.717) is 0 Å². The monoisotopic (exact) mass is 264 g/mol. The maximum atomic E-state index is 9.62. The molecule has 0 aliphatic rings. The molecule has 0 atom stereocenters. The Morgan fingerprint density at radius 2 is 1.70 bits per heavy atom. The number of aromatic nitrogens is 2. The maximum absolute atomic E-state index is 9.62. The molecule has 0 bridgehead atoms. The molecule has 0 unspecified atom stereocenters. The van der Waals surface area contributed by atoms with E-state index in [9.17, 15) is 5.11 Å². The number of phenols is 1. The molecule has 3 aromatic rings. The van der Waals surface area contributed by atoms with Crippen LogP contribution in [0.5, 0.6) is 5.75 Å². The quantitative estimate of drug-likeness (QED) is 0.763. The van der Waals surface area contributed by atoms with Crippen molar-refractivity contribution < 1.29 is 5.11 Å². The van der Waals surface area contributed by atoms with Crippen LogP contribution in [-0.4, -0.2) is 14.9 Å². The van der Waals surface area contributed by atoms with Gasteiger partial charge in [-0.2, -0.15) is 5.10 Å². The molecular formula is C17H16N2O. The molecule has 0 aliphatic heterocycles. The molecular weight excluding hydrogens is 248 g/mol. The largest absolute Gasteiger partial charge is 0.508 e. The molecule has 1 N–H and O–H groups in total. The van der Waals surface area contributed by atoms with Crippen LogP contribution in [0.25, 0.3) is 16.8 Å². The van der Waals surface area contributed by atoms with E-state index in [2.05, 4.69) is 17.2 Å². The summed E-state index contributed by atoms with van der Waals surface area (Å²) in [6.07, 6.45) is 0. The van der Waals surface area contributed by atoms with E-state index in [1.165, 1.54) is 0 Å². The fraction of sp³-hybridized carbons (Fsp3) is 0.118. The van der Waals surface area contributed by atoms with Gasteiger partial charge in [0.1, 0.15) is 5.75 Å². The summed E-state index contributed by atoms with van der Waals surface area (Å²) < 4.78 is 1.87. The van der Waals surface area contributed by atoms with E-state index < -0.39 is 0 Å². The number of aromatic hydroxyl groups is 1. The van der Waals surface area contributed by atoms with Gasteiger partial charge in [0.2, 0.25) is 0 Å². The summed E-state index contributed by atoms with van der Waals surface area (Å²) in [5.41, 5.74) is 5.23. The lowest BCUT2D eigenvalue weighted by Gasteiger charge is -2.06. The van der Waals surface area contributed by atoms with Crippen LogP contribution in [0.1, 0.15) is 11.4 Å². The van der Waals surface area contributed by atoms with Gasteiger partial charge in [-0.3, -0.25) is 0 Å². The molecule has 3 rings (SSSR count). The average Bonchev–Trinajstić information content (AvgIpc) is 2.75. The van der Waals surface area contributed by atoms with Crippen LogP contribution in [-0.2, 0) is 0 Å². The minimum Gasteiger partial charge on any atom is -0.508 e. The van der Waals surface area contributed by atoms with E-state index in [0.717, 1.165) is 28.2 Å². The summed E-state index contributed by atoms with van der Waals surface area (Å²) in [4.78, 5) is 0. The third-order valence-corrected chi connectivity index (χ3v) is 3.43. The first kappa shape index (κ1) is 12.5. The lowest BCUT2D eigenvalue weighted by molar-refractivity contribution is 0.474. The second kappa shape index (κ2) is 4.85. The Balaban J connectivity index is 2.17. The molecule has 0 spiro atoms. The van der Waals surface area contributed by atoms with Crippen molar-refractivity contribution in [3.8, 4) is 22.6 Å². The SMILES string of the molecule is Cc1nn(-c2cccc(O)c2)c(C)c1-c1ccccc1. The molecule has 3 nitrogen and oxygen atoms in total. The Kier molecular flexibility index (Phi) is 3.03. The third-order valence-electron chi connectivity index (χ3n) is 3.43. The van der Waals surface area contributed by atoms with E-state index >= 15 is 0 Å². The van der Waals surface area contributed by atoms with Crippen LogP contribution in [0.2, 0.25) is 0 Å². The fourth-order valence-corrected chi connectivity index (χ4v) is 2.54. The molecule has 0 radical (unpaired) electrons. The van der Waals surface area contributed by atoms with Crippen LogP contribution in [0.15, 0.2) is 54.6 Å². The van der Waals surface area contributed by atoms with Crippen LogP contribution in [0, 0.1) is 13.8 Å². The zero-order valence-electron chi connectivity index (χ0n) is 11.5. The highest BCUT2D eigenvalue weighted by molar-refractivity contribution is 5.69. The standard InChI is InChI=1S/C17H16N2O/c1-12-17(14-7-4-3-5-8-14)13(2)19(18-12)15-9-6-10-16(20)11-15/h3-11,20H,1-2H3. The third kappa shape index (κ3) is 2.07. The molecule has 0 saturated heterocycles. The molecule has 0 amide bonds. The molecule has 0 fully saturated rings. The van der Waals surface area contributed by atoms with Gasteiger partial charge in [-0.1, -0.05) is 36.4 Å². The van der Waals surface area contributed by atoms with Gasteiger partial charge in [0.05, 0.1) is 11.4 Å². The maximum Gasteiger partial charge on any atom is 0.117 e. The predicted octanol–water partition coefficient (Wildman–Crippen LogP) is 3.86. The molecule has 100 valence electrons. The van der Waals surface area contributed by atoms with E-state index in [-0.39, 0.29) is 5.75 Å². The van der Waals surface area contributed by atoms with Gasteiger partial charge in [-0.25, -0.2) is 4.68 Å². The van der Waals surface area contributed by atoms with Crippen molar-refractivity contribution in [2.45, 2.75) is 13.8 Å². The van der Waals surface area contributed by atoms with Crippen molar-refractivity contribution in [1.29, 1.82) is 0 Å². The first-order valence-electron chi connectivity index (χ1n) is 6.58. The molecule has 1 aromatic heterocycles. The number of rotatable bonds is 2. The zero-order valence-corrected chi connectivity index (χ0v) is 11.5. The van der Waals surface area contributed by atoms with E-state index in [1.807, 2.05) is 48.9 Å². The Labute approximate surface area is 118 Å². The Morgan fingerprint density at radius 3 is 2.40 bits per heavy atom. The second-order valence-electron chi connectivity index (χ2n) is 4.84. The highest BCUT2D eigenvalue weighted by atomic mass is 16.3. The van der Waals surface area contributed by atoms with Crippen molar-refractivity contribution in [2.24, 2.45) is 0 Å². The van der Waals surface area contributed by atoms with Gasteiger partial charge in [0.15, 0.2) is 0 Å². The first-order valence-corrected chi connectivity index (χ1v) is 6.58. The number of nitrogens with zero attached hydrogens (tertiary/aromatic N) is 2. The molecule has 3 heteroatoms. The topological polar surface area (TPSA) is 38.0 Å². The van der Waals surface area contributed by atoms with Gasteiger partial charge in [-0.05, 0) is 31.5 Å². The normalized spacial score (nSPS) is 10.7. The lowest BCUT2D eigenvalue weighted by Crippen LogP contribution is -1.98. The van der Waals surface area contributed by atoms with Crippen molar-refractivity contribution in [3.05, 3.63) is 66.0 Å². The first-order chi connectivity index (χ1) is 9.66. The predicted molar refractivity (Wildman–Crippen MR) is 80.1 cm³/mol. The number of hydrogen-bond acceptors (Lipinski definition) is 2. The molecule has 1 heterocycles. The Hall–Kier alpha value is -2.55. The lowest BCUT2D eigenvalue weighted by atomic mass is 10.0. The highest BCUT2D eigenvalue weighted by Gasteiger charge is 2.14. The van der Waals surface area contributed by atoms with E-state index in [4.69, 9.17) is 0 Å². The van der Waals surface area contributed by atoms with Crippen molar-refractivity contribution in [1.82, 2.24) is 9.78 Å². The van der Waals surface area contributed by atoms with Gasteiger partial charge in [-0.15, -0.1) is 0 Å². The number of phenolic OH excluding ortho intramolecular Hbond substituents is 1. The molecule has 20 heavy (non-hydrogen) atoms. The fourth-order valence-electron chi connectivity index (χ4n) is 2.54. The summed E-state index contributed by atoms with van der Waals surface area (Å²) in [6.45, 7) is 4.06. The van der Waals surface area contributed by atoms with Gasteiger partial charge in [0.25, 0.3) is 0 Å². The van der Waals surface area contributed by atoms with Gasteiger partial charge < -0.3 is 5.11 Å². The minimum atomic E-state index is 0.247. The van der Waals surface area contributed by atoms with Gasteiger partial charge >= 0.3 is 0 Å². The van der Waals surface area contributed by atoms with E-state index in [1.54, 1.807) is 12.1 Å². The van der Waals surface area contributed by atoms with Crippen molar-refractivity contribution in [2.75, 3.05) is 0 Å². The van der Waals surface area contributed by atoms with Gasteiger partial charge in [0, 0.05) is 17.3 Å². The summed E-state index contributed by atoms with van der Waals surface area (Å²) in [6, 6.07) is 17.4. The average molecular weight is 264 g/mol. The van der Waals surface area contributed by atoms with Crippen molar-refractivity contribution in [3.63, 3.8) is 0 Å². The van der Waals surface area contributed by atoms with Crippen LogP contribution in [0.4, 0.5) is 0 Å². The molecule has 2 aromatic carbocycles. The summed E-state index contributed by atoms with van der Waals surface area (Å²) in [5.74, 6) is 0.247. The summed E-state index contributed by atoms with van der Waals surface area (Å²) in [7, 11) is 0. The van der Waals surface area contributed by atoms with Crippen LogP contribution in [0.3, 0.4) is 0 Å². The second-order valence-corrected chi connectivity index (χ2v) is 4.84. The minimum absolute atomic E-state index is 0.247. The number of hydrogen-bond donors (Lipinski definition) is 1. The number of aryl methyl sites for hydroxylation is 1. The zero-order chi connectivity index (χ0) is 14.1. The highest BCUT2D eigenvalue weighted by Crippen LogP contribution is 2.29.